The van der Waals surface area contributed by atoms with Crippen molar-refractivity contribution in [3.05, 3.63) is 42.5 Å². The predicted molar refractivity (Wildman–Crippen MR) is 74.0 cm³/mol. The lowest BCUT2D eigenvalue weighted by atomic mass is 10.3. The van der Waals surface area contributed by atoms with E-state index in [1.807, 2.05) is 23.1 Å². The van der Waals surface area contributed by atoms with Gasteiger partial charge in [0.25, 0.3) is 0 Å². The summed E-state index contributed by atoms with van der Waals surface area (Å²) in [5.74, 6) is 0.830. The van der Waals surface area contributed by atoms with E-state index in [0.717, 1.165) is 31.8 Å². The standard InChI is InChI=1S/C14H20N4O/c1-2-7-18-12-14(11-17-18)19-8-6-16-10-13-4-3-5-15-9-13/h3-5,9,11-12,16H,2,6-8,10H2,1H3. The van der Waals surface area contributed by atoms with Crippen molar-refractivity contribution in [1.82, 2.24) is 20.1 Å². The molecular formula is C14H20N4O. The van der Waals surface area contributed by atoms with Gasteiger partial charge < -0.3 is 10.1 Å². The third-order valence-corrected chi connectivity index (χ3v) is 2.66. The molecule has 102 valence electrons. The van der Waals surface area contributed by atoms with Crippen LogP contribution in [0.5, 0.6) is 5.75 Å². The van der Waals surface area contributed by atoms with E-state index in [2.05, 4.69) is 28.4 Å². The number of aryl methyl sites for hydroxylation is 1. The van der Waals surface area contributed by atoms with E-state index in [0.29, 0.717) is 6.61 Å². The Morgan fingerprint density at radius 2 is 2.32 bits per heavy atom. The Balaban J connectivity index is 1.61. The van der Waals surface area contributed by atoms with E-state index in [4.69, 9.17) is 4.74 Å². The van der Waals surface area contributed by atoms with Crippen LogP contribution in [0.3, 0.4) is 0 Å². The molecule has 2 heterocycles. The molecule has 0 saturated carbocycles. The van der Waals surface area contributed by atoms with Crippen LogP contribution in [-0.4, -0.2) is 27.9 Å². The first-order valence-corrected chi connectivity index (χ1v) is 6.63. The maximum Gasteiger partial charge on any atom is 0.157 e. The molecule has 0 spiro atoms. The third kappa shape index (κ3) is 4.71. The first kappa shape index (κ1) is 13.5. The topological polar surface area (TPSA) is 52.0 Å². The van der Waals surface area contributed by atoms with Gasteiger partial charge in [0, 0.05) is 32.0 Å². The molecule has 2 aromatic rings. The van der Waals surface area contributed by atoms with Crippen LogP contribution in [0.4, 0.5) is 0 Å². The molecule has 0 amide bonds. The Kier molecular flexibility index (Phi) is 5.37. The number of pyridine rings is 1. The molecule has 0 radical (unpaired) electrons. The normalized spacial score (nSPS) is 10.6. The Morgan fingerprint density at radius 1 is 1.37 bits per heavy atom. The van der Waals surface area contributed by atoms with Gasteiger partial charge >= 0.3 is 0 Å². The van der Waals surface area contributed by atoms with E-state index in [1.165, 1.54) is 5.56 Å². The van der Waals surface area contributed by atoms with E-state index in [1.54, 1.807) is 12.4 Å². The van der Waals surface area contributed by atoms with E-state index < -0.39 is 0 Å². The van der Waals surface area contributed by atoms with Crippen LogP contribution in [0, 0.1) is 0 Å². The summed E-state index contributed by atoms with van der Waals surface area (Å²) in [6.45, 7) is 5.31. The number of nitrogens with one attached hydrogen (secondary N) is 1. The van der Waals surface area contributed by atoms with Gasteiger partial charge in [-0.2, -0.15) is 5.10 Å². The van der Waals surface area contributed by atoms with Crippen molar-refractivity contribution in [3.8, 4) is 5.75 Å². The Labute approximate surface area is 113 Å². The predicted octanol–water partition coefficient (Wildman–Crippen LogP) is 1.86. The summed E-state index contributed by atoms with van der Waals surface area (Å²) in [7, 11) is 0. The van der Waals surface area contributed by atoms with Gasteiger partial charge in [0.15, 0.2) is 5.75 Å². The maximum absolute atomic E-state index is 5.61. The van der Waals surface area contributed by atoms with Crippen LogP contribution in [0.25, 0.3) is 0 Å². The van der Waals surface area contributed by atoms with Crippen LogP contribution in [0.1, 0.15) is 18.9 Å². The van der Waals surface area contributed by atoms with Gasteiger partial charge in [-0.05, 0) is 18.1 Å². The van der Waals surface area contributed by atoms with Crippen molar-refractivity contribution in [2.45, 2.75) is 26.4 Å². The zero-order chi connectivity index (χ0) is 13.3. The monoisotopic (exact) mass is 260 g/mol. The van der Waals surface area contributed by atoms with Crippen molar-refractivity contribution in [1.29, 1.82) is 0 Å². The quantitative estimate of drug-likeness (QED) is 0.736. The lowest BCUT2D eigenvalue weighted by Crippen LogP contribution is -2.20. The summed E-state index contributed by atoms with van der Waals surface area (Å²) in [4.78, 5) is 4.07. The third-order valence-electron chi connectivity index (χ3n) is 2.66. The van der Waals surface area contributed by atoms with Crippen molar-refractivity contribution < 1.29 is 4.74 Å². The zero-order valence-corrected chi connectivity index (χ0v) is 11.2. The van der Waals surface area contributed by atoms with Crippen molar-refractivity contribution in [2.75, 3.05) is 13.2 Å². The second-order valence-electron chi connectivity index (χ2n) is 4.33. The van der Waals surface area contributed by atoms with Crippen molar-refractivity contribution in [2.24, 2.45) is 0 Å². The SMILES string of the molecule is CCCn1cc(OCCNCc2cccnc2)cn1. The Hall–Kier alpha value is -1.88. The first-order chi connectivity index (χ1) is 9.38. The molecule has 5 heteroatoms. The van der Waals surface area contributed by atoms with Crippen LogP contribution >= 0.6 is 0 Å². The molecule has 2 aromatic heterocycles. The number of aromatic nitrogens is 3. The van der Waals surface area contributed by atoms with Crippen LogP contribution in [-0.2, 0) is 13.1 Å². The van der Waals surface area contributed by atoms with Crippen LogP contribution in [0.2, 0.25) is 0 Å². The van der Waals surface area contributed by atoms with E-state index >= 15 is 0 Å². The molecule has 0 fully saturated rings. The zero-order valence-electron chi connectivity index (χ0n) is 11.2. The smallest absolute Gasteiger partial charge is 0.157 e. The summed E-state index contributed by atoms with van der Waals surface area (Å²) in [6.07, 6.45) is 8.42. The molecule has 0 saturated heterocycles. The Bertz CT molecular complexity index is 469. The second-order valence-corrected chi connectivity index (χ2v) is 4.33. The Morgan fingerprint density at radius 3 is 3.11 bits per heavy atom. The highest BCUT2D eigenvalue weighted by atomic mass is 16.5. The molecule has 2 rings (SSSR count). The number of hydrogen-bond acceptors (Lipinski definition) is 4. The minimum Gasteiger partial charge on any atom is -0.489 e. The van der Waals surface area contributed by atoms with Gasteiger partial charge in [0.1, 0.15) is 6.61 Å². The first-order valence-electron chi connectivity index (χ1n) is 6.63. The number of rotatable bonds is 8. The van der Waals surface area contributed by atoms with E-state index in [9.17, 15) is 0 Å². The molecule has 5 nitrogen and oxygen atoms in total. The second kappa shape index (κ2) is 7.53. The number of hydrogen-bond donors (Lipinski definition) is 1. The minimum absolute atomic E-state index is 0.637. The molecule has 0 atom stereocenters. The molecule has 19 heavy (non-hydrogen) atoms. The largest absolute Gasteiger partial charge is 0.489 e. The fourth-order valence-electron chi connectivity index (χ4n) is 1.75. The van der Waals surface area contributed by atoms with Gasteiger partial charge in [0.2, 0.25) is 0 Å². The van der Waals surface area contributed by atoms with Gasteiger partial charge in [-0.1, -0.05) is 13.0 Å². The lowest BCUT2D eigenvalue weighted by Gasteiger charge is -2.05. The molecule has 0 aliphatic carbocycles. The summed E-state index contributed by atoms with van der Waals surface area (Å²) in [6, 6.07) is 3.99. The summed E-state index contributed by atoms with van der Waals surface area (Å²) >= 11 is 0. The maximum atomic E-state index is 5.61. The molecule has 0 unspecified atom stereocenters. The fraction of sp³-hybridized carbons (Fsp3) is 0.429. The minimum atomic E-state index is 0.637. The lowest BCUT2D eigenvalue weighted by molar-refractivity contribution is 0.313. The highest BCUT2D eigenvalue weighted by Gasteiger charge is 1.98. The number of ether oxygens (including phenoxy) is 1. The summed E-state index contributed by atoms with van der Waals surface area (Å²) in [5, 5.41) is 7.53. The molecule has 0 aromatic carbocycles. The molecule has 0 bridgehead atoms. The van der Waals surface area contributed by atoms with Gasteiger partial charge in [-0.15, -0.1) is 0 Å². The van der Waals surface area contributed by atoms with Gasteiger partial charge in [-0.3, -0.25) is 9.67 Å². The highest BCUT2D eigenvalue weighted by molar-refractivity contribution is 5.11. The van der Waals surface area contributed by atoms with Crippen LogP contribution < -0.4 is 10.1 Å². The number of nitrogens with zero attached hydrogens (tertiary/aromatic N) is 3. The van der Waals surface area contributed by atoms with Crippen molar-refractivity contribution in [3.63, 3.8) is 0 Å². The summed E-state index contributed by atoms with van der Waals surface area (Å²) < 4.78 is 7.51. The van der Waals surface area contributed by atoms with E-state index in [-0.39, 0.29) is 0 Å². The molecule has 0 aliphatic rings. The molecular weight excluding hydrogens is 240 g/mol. The highest BCUT2D eigenvalue weighted by Crippen LogP contribution is 2.07. The summed E-state index contributed by atoms with van der Waals surface area (Å²) in [5.41, 5.74) is 1.18. The van der Waals surface area contributed by atoms with Gasteiger partial charge in [-0.25, -0.2) is 0 Å². The van der Waals surface area contributed by atoms with Gasteiger partial charge in [0.05, 0.1) is 12.4 Å². The average molecular weight is 260 g/mol. The average Bonchev–Trinajstić information content (AvgIpc) is 2.88. The van der Waals surface area contributed by atoms with Crippen LogP contribution in [0.15, 0.2) is 36.9 Å². The molecule has 1 N–H and O–H groups in total. The van der Waals surface area contributed by atoms with Crippen molar-refractivity contribution >= 4 is 0 Å². The molecule has 0 aliphatic heterocycles. The fourth-order valence-corrected chi connectivity index (χ4v) is 1.75.